The van der Waals surface area contributed by atoms with E-state index in [4.69, 9.17) is 0 Å². The van der Waals surface area contributed by atoms with Gasteiger partial charge in [-0.2, -0.15) is 0 Å². The van der Waals surface area contributed by atoms with E-state index in [0.29, 0.717) is 0 Å². The highest BCUT2D eigenvalue weighted by Gasteiger charge is 2.12. The molecule has 0 fully saturated rings. The number of rotatable bonds is 3. The number of hydrogen-bond acceptors (Lipinski definition) is 3. The van der Waals surface area contributed by atoms with Gasteiger partial charge in [0.15, 0.2) is 0 Å². The molecule has 120 valence electrons. The number of pyridine rings is 1. The molecule has 0 radical (unpaired) electrons. The fraction of sp³-hybridized carbons (Fsp3) is 0.0556. The molecular formula is C18H14FN3O2. The molecule has 1 heterocycles. The van der Waals surface area contributed by atoms with Crippen molar-refractivity contribution >= 4 is 22.7 Å². The molecule has 2 N–H and O–H groups in total. The minimum atomic E-state index is -0.711. The quantitative estimate of drug-likeness (QED) is 0.727. The van der Waals surface area contributed by atoms with Crippen molar-refractivity contribution in [2.24, 2.45) is 0 Å². The highest BCUT2D eigenvalue weighted by atomic mass is 19.1. The van der Waals surface area contributed by atoms with Crippen LogP contribution in [0, 0.1) is 5.82 Å². The second kappa shape index (κ2) is 6.87. The van der Waals surface area contributed by atoms with E-state index in [1.165, 1.54) is 18.2 Å². The van der Waals surface area contributed by atoms with Crippen molar-refractivity contribution in [2.45, 2.75) is 6.42 Å². The van der Waals surface area contributed by atoms with E-state index in [9.17, 15) is 14.0 Å². The number of halogens is 1. The minimum absolute atomic E-state index is 0.0475. The topological polar surface area (TPSA) is 71.1 Å². The lowest BCUT2D eigenvalue weighted by Gasteiger charge is -2.09. The summed E-state index contributed by atoms with van der Waals surface area (Å²) in [5.74, 6) is -1.78. The van der Waals surface area contributed by atoms with Crippen LogP contribution in [0.1, 0.15) is 15.9 Å². The Kier molecular flexibility index (Phi) is 4.47. The molecular weight excluding hydrogens is 309 g/mol. The fourth-order valence-corrected chi connectivity index (χ4v) is 2.37. The Labute approximate surface area is 137 Å². The van der Waals surface area contributed by atoms with Gasteiger partial charge in [-0.1, -0.05) is 36.4 Å². The van der Waals surface area contributed by atoms with E-state index < -0.39 is 17.6 Å². The summed E-state index contributed by atoms with van der Waals surface area (Å²) in [7, 11) is 0. The fourth-order valence-electron chi connectivity index (χ4n) is 2.37. The summed E-state index contributed by atoms with van der Waals surface area (Å²) in [4.78, 5) is 28.2. The Balaban J connectivity index is 1.66. The number of nitrogens with zero attached hydrogens (tertiary/aromatic N) is 1. The number of para-hydroxylation sites is 1. The lowest BCUT2D eigenvalue weighted by molar-refractivity contribution is -0.121. The SMILES string of the molecule is O=C(Cc1cccc2cccnc12)NNC(=O)c1ccccc1F. The average molecular weight is 323 g/mol. The largest absolute Gasteiger partial charge is 0.273 e. The molecule has 5 nitrogen and oxygen atoms in total. The van der Waals surface area contributed by atoms with E-state index in [-0.39, 0.29) is 12.0 Å². The van der Waals surface area contributed by atoms with Gasteiger partial charge in [0.05, 0.1) is 17.5 Å². The number of nitrogens with one attached hydrogen (secondary N) is 2. The van der Waals surface area contributed by atoms with Gasteiger partial charge in [-0.25, -0.2) is 4.39 Å². The van der Waals surface area contributed by atoms with Gasteiger partial charge in [-0.3, -0.25) is 25.4 Å². The van der Waals surface area contributed by atoms with Crippen LogP contribution < -0.4 is 10.9 Å². The van der Waals surface area contributed by atoms with E-state index >= 15 is 0 Å². The standard InChI is InChI=1S/C18H14FN3O2/c19-15-9-2-1-8-14(15)18(24)22-21-16(23)11-13-6-3-5-12-7-4-10-20-17(12)13/h1-10H,11H2,(H,21,23)(H,22,24). The molecule has 0 saturated carbocycles. The maximum absolute atomic E-state index is 13.5. The van der Waals surface area contributed by atoms with Crippen molar-refractivity contribution in [3.05, 3.63) is 77.7 Å². The van der Waals surface area contributed by atoms with Crippen molar-refractivity contribution in [3.8, 4) is 0 Å². The van der Waals surface area contributed by atoms with Crippen LogP contribution >= 0.6 is 0 Å². The first-order valence-electron chi connectivity index (χ1n) is 7.31. The number of aromatic nitrogens is 1. The van der Waals surface area contributed by atoms with Crippen molar-refractivity contribution in [2.75, 3.05) is 0 Å². The van der Waals surface area contributed by atoms with Crippen LogP contribution in [0.15, 0.2) is 60.8 Å². The maximum Gasteiger partial charge on any atom is 0.272 e. The molecule has 1 aromatic heterocycles. The van der Waals surface area contributed by atoms with Crippen LogP contribution in [-0.4, -0.2) is 16.8 Å². The van der Waals surface area contributed by atoms with Gasteiger partial charge in [-0.15, -0.1) is 0 Å². The number of fused-ring (bicyclic) bond motifs is 1. The minimum Gasteiger partial charge on any atom is -0.273 e. The molecule has 0 aliphatic rings. The number of hydrogen-bond donors (Lipinski definition) is 2. The number of carbonyl (C=O) groups excluding carboxylic acids is 2. The first-order chi connectivity index (χ1) is 11.6. The van der Waals surface area contributed by atoms with Gasteiger partial charge in [0.25, 0.3) is 5.91 Å². The lowest BCUT2D eigenvalue weighted by atomic mass is 10.1. The molecule has 0 aliphatic heterocycles. The monoisotopic (exact) mass is 323 g/mol. The summed E-state index contributed by atoms with van der Waals surface area (Å²) in [5.41, 5.74) is 5.84. The normalized spacial score (nSPS) is 10.4. The van der Waals surface area contributed by atoms with Crippen LogP contribution in [0.4, 0.5) is 4.39 Å². The predicted molar refractivity (Wildman–Crippen MR) is 87.5 cm³/mol. The molecule has 0 aliphatic carbocycles. The van der Waals surface area contributed by atoms with Crippen molar-refractivity contribution < 1.29 is 14.0 Å². The molecule has 3 rings (SSSR count). The summed E-state index contributed by atoms with van der Waals surface area (Å²) in [6.07, 6.45) is 1.70. The summed E-state index contributed by atoms with van der Waals surface area (Å²) in [6, 6.07) is 14.8. The zero-order chi connectivity index (χ0) is 16.9. The number of carbonyl (C=O) groups is 2. The summed E-state index contributed by atoms with van der Waals surface area (Å²) in [5, 5.41) is 0.929. The molecule has 3 aromatic rings. The Morgan fingerprint density at radius 3 is 2.58 bits per heavy atom. The van der Waals surface area contributed by atoms with Crippen molar-refractivity contribution in [1.82, 2.24) is 15.8 Å². The molecule has 0 saturated heterocycles. The predicted octanol–water partition coefficient (Wildman–Crippen LogP) is 2.38. The van der Waals surface area contributed by atoms with Crippen molar-refractivity contribution in [1.29, 1.82) is 0 Å². The van der Waals surface area contributed by atoms with Gasteiger partial charge in [0.1, 0.15) is 5.82 Å². The zero-order valence-electron chi connectivity index (χ0n) is 12.6. The van der Waals surface area contributed by atoms with Crippen LogP contribution in [0.2, 0.25) is 0 Å². The summed E-state index contributed by atoms with van der Waals surface area (Å²) >= 11 is 0. The van der Waals surface area contributed by atoms with E-state index in [1.54, 1.807) is 18.3 Å². The first-order valence-corrected chi connectivity index (χ1v) is 7.31. The molecule has 0 atom stereocenters. The van der Waals surface area contributed by atoms with Crippen LogP contribution in [-0.2, 0) is 11.2 Å². The molecule has 2 amide bonds. The smallest absolute Gasteiger partial charge is 0.272 e. The van der Waals surface area contributed by atoms with E-state index in [1.807, 2.05) is 24.3 Å². The number of hydrazine groups is 1. The van der Waals surface area contributed by atoms with E-state index in [0.717, 1.165) is 16.5 Å². The molecule has 0 unspecified atom stereocenters. The molecule has 0 spiro atoms. The van der Waals surface area contributed by atoms with E-state index in [2.05, 4.69) is 15.8 Å². The van der Waals surface area contributed by atoms with Gasteiger partial charge < -0.3 is 0 Å². The van der Waals surface area contributed by atoms with Gasteiger partial charge in [-0.05, 0) is 23.8 Å². The Morgan fingerprint density at radius 2 is 1.75 bits per heavy atom. The van der Waals surface area contributed by atoms with Crippen LogP contribution in [0.3, 0.4) is 0 Å². The lowest BCUT2D eigenvalue weighted by Crippen LogP contribution is -2.42. The molecule has 6 heteroatoms. The first kappa shape index (κ1) is 15.6. The molecule has 24 heavy (non-hydrogen) atoms. The van der Waals surface area contributed by atoms with Gasteiger partial charge >= 0.3 is 0 Å². The second-order valence-electron chi connectivity index (χ2n) is 5.15. The maximum atomic E-state index is 13.5. The third-order valence-electron chi connectivity index (χ3n) is 3.50. The highest BCUT2D eigenvalue weighted by Crippen LogP contribution is 2.16. The zero-order valence-corrected chi connectivity index (χ0v) is 12.6. The summed E-state index contributed by atoms with van der Waals surface area (Å²) < 4.78 is 13.5. The van der Waals surface area contributed by atoms with Crippen LogP contribution in [0.25, 0.3) is 10.9 Å². The van der Waals surface area contributed by atoms with Crippen molar-refractivity contribution in [3.63, 3.8) is 0 Å². The number of benzene rings is 2. The Hall–Kier alpha value is -3.28. The average Bonchev–Trinajstić information content (AvgIpc) is 2.60. The number of amides is 2. The second-order valence-corrected chi connectivity index (χ2v) is 5.15. The van der Waals surface area contributed by atoms with Crippen LogP contribution in [0.5, 0.6) is 0 Å². The molecule has 2 aromatic carbocycles. The van der Waals surface area contributed by atoms with Gasteiger partial charge in [0, 0.05) is 11.6 Å². The highest BCUT2D eigenvalue weighted by molar-refractivity contribution is 5.96. The Bertz CT molecular complexity index is 906. The third-order valence-corrected chi connectivity index (χ3v) is 3.50. The molecule has 0 bridgehead atoms. The summed E-state index contributed by atoms with van der Waals surface area (Å²) in [6.45, 7) is 0. The third kappa shape index (κ3) is 3.38. The Morgan fingerprint density at radius 1 is 0.958 bits per heavy atom. The van der Waals surface area contributed by atoms with Gasteiger partial charge in [0.2, 0.25) is 5.91 Å².